The van der Waals surface area contributed by atoms with Gasteiger partial charge in [0, 0.05) is 23.8 Å². The van der Waals surface area contributed by atoms with Crippen LogP contribution in [-0.4, -0.2) is 29.4 Å². The molecule has 0 aliphatic heterocycles. The van der Waals surface area contributed by atoms with Gasteiger partial charge in [-0.25, -0.2) is 0 Å². The third-order valence-corrected chi connectivity index (χ3v) is 3.01. The molecule has 0 aromatic heterocycles. The van der Waals surface area contributed by atoms with Crippen molar-refractivity contribution in [1.29, 1.82) is 0 Å². The molecular formula is C12H18BrNO2. The van der Waals surface area contributed by atoms with E-state index in [9.17, 15) is 5.11 Å². The SMILES string of the molecule is CN(CC(C)(C)O)c1ccc(CO)c(Br)c1. The Kier molecular flexibility index (Phi) is 4.35. The van der Waals surface area contributed by atoms with Gasteiger partial charge in [-0.3, -0.25) is 0 Å². The Morgan fingerprint density at radius 3 is 2.44 bits per heavy atom. The van der Waals surface area contributed by atoms with Gasteiger partial charge in [0.1, 0.15) is 0 Å². The lowest BCUT2D eigenvalue weighted by atomic mass is 10.1. The van der Waals surface area contributed by atoms with Gasteiger partial charge in [0.25, 0.3) is 0 Å². The minimum Gasteiger partial charge on any atom is -0.392 e. The summed E-state index contributed by atoms with van der Waals surface area (Å²) >= 11 is 3.41. The fourth-order valence-corrected chi connectivity index (χ4v) is 2.07. The van der Waals surface area contributed by atoms with Gasteiger partial charge in [-0.05, 0) is 31.5 Å². The number of rotatable bonds is 4. The van der Waals surface area contributed by atoms with Crippen molar-refractivity contribution in [3.05, 3.63) is 28.2 Å². The van der Waals surface area contributed by atoms with Gasteiger partial charge >= 0.3 is 0 Å². The number of hydrogen-bond donors (Lipinski definition) is 2. The first-order chi connectivity index (χ1) is 7.33. The fraction of sp³-hybridized carbons (Fsp3) is 0.500. The van der Waals surface area contributed by atoms with E-state index in [1.54, 1.807) is 13.8 Å². The molecule has 1 aromatic rings. The Bertz CT molecular complexity index is 361. The molecule has 1 rings (SSSR count). The average Bonchev–Trinajstić information content (AvgIpc) is 2.15. The summed E-state index contributed by atoms with van der Waals surface area (Å²) in [4.78, 5) is 1.98. The van der Waals surface area contributed by atoms with Gasteiger partial charge in [-0.1, -0.05) is 22.0 Å². The molecule has 0 amide bonds. The highest BCUT2D eigenvalue weighted by molar-refractivity contribution is 9.10. The van der Waals surface area contributed by atoms with Gasteiger partial charge < -0.3 is 15.1 Å². The molecule has 0 saturated carbocycles. The third-order valence-electron chi connectivity index (χ3n) is 2.27. The van der Waals surface area contributed by atoms with Crippen LogP contribution in [0.1, 0.15) is 19.4 Å². The number of benzene rings is 1. The van der Waals surface area contributed by atoms with Gasteiger partial charge in [0.05, 0.1) is 12.2 Å². The normalized spacial score (nSPS) is 11.6. The van der Waals surface area contributed by atoms with E-state index in [1.165, 1.54) is 0 Å². The van der Waals surface area contributed by atoms with Crippen LogP contribution in [-0.2, 0) is 6.61 Å². The lowest BCUT2D eigenvalue weighted by Gasteiger charge is -2.27. The Hall–Kier alpha value is -0.580. The van der Waals surface area contributed by atoms with Crippen LogP contribution < -0.4 is 4.90 Å². The van der Waals surface area contributed by atoms with E-state index in [2.05, 4.69) is 15.9 Å². The van der Waals surface area contributed by atoms with Crippen LogP contribution in [0.3, 0.4) is 0 Å². The van der Waals surface area contributed by atoms with Crippen molar-refractivity contribution in [2.24, 2.45) is 0 Å². The summed E-state index contributed by atoms with van der Waals surface area (Å²) in [5.74, 6) is 0. The van der Waals surface area contributed by atoms with Gasteiger partial charge in [-0.2, -0.15) is 0 Å². The Morgan fingerprint density at radius 2 is 2.00 bits per heavy atom. The molecule has 16 heavy (non-hydrogen) atoms. The van der Waals surface area contributed by atoms with Crippen molar-refractivity contribution in [2.75, 3.05) is 18.5 Å². The summed E-state index contributed by atoms with van der Waals surface area (Å²) in [6, 6.07) is 5.75. The zero-order valence-corrected chi connectivity index (χ0v) is 11.5. The number of hydrogen-bond acceptors (Lipinski definition) is 3. The summed E-state index contributed by atoms with van der Waals surface area (Å²) < 4.78 is 0.884. The molecule has 90 valence electrons. The number of halogens is 1. The predicted octanol–water partition coefficient (Wildman–Crippen LogP) is 2.15. The van der Waals surface area contributed by atoms with Crippen LogP contribution in [0.5, 0.6) is 0 Å². The summed E-state index contributed by atoms with van der Waals surface area (Å²) in [6.07, 6.45) is 0. The van der Waals surface area contributed by atoms with Crippen LogP contribution >= 0.6 is 15.9 Å². The van der Waals surface area contributed by atoms with E-state index in [-0.39, 0.29) is 6.61 Å². The fourth-order valence-electron chi connectivity index (χ4n) is 1.57. The standard InChI is InChI=1S/C12H18BrNO2/c1-12(2,16)8-14(3)10-5-4-9(7-15)11(13)6-10/h4-6,15-16H,7-8H2,1-3H3. The smallest absolute Gasteiger partial charge is 0.0765 e. The first-order valence-electron chi connectivity index (χ1n) is 5.16. The molecule has 0 saturated heterocycles. The second-order valence-corrected chi connectivity index (χ2v) is 5.46. The van der Waals surface area contributed by atoms with E-state index < -0.39 is 5.60 Å². The van der Waals surface area contributed by atoms with Crippen molar-refractivity contribution < 1.29 is 10.2 Å². The number of nitrogens with zero attached hydrogens (tertiary/aromatic N) is 1. The highest BCUT2D eigenvalue weighted by Crippen LogP contribution is 2.24. The maximum absolute atomic E-state index is 9.73. The molecule has 0 fully saturated rings. The van der Waals surface area contributed by atoms with Crippen LogP contribution in [0.2, 0.25) is 0 Å². The molecular weight excluding hydrogens is 270 g/mol. The molecule has 2 N–H and O–H groups in total. The molecule has 3 nitrogen and oxygen atoms in total. The van der Waals surface area contributed by atoms with E-state index in [4.69, 9.17) is 5.11 Å². The zero-order valence-electron chi connectivity index (χ0n) is 9.87. The van der Waals surface area contributed by atoms with E-state index >= 15 is 0 Å². The average molecular weight is 288 g/mol. The van der Waals surface area contributed by atoms with E-state index in [1.807, 2.05) is 30.1 Å². The highest BCUT2D eigenvalue weighted by atomic mass is 79.9. The Balaban J connectivity index is 2.85. The molecule has 0 heterocycles. The number of anilines is 1. The van der Waals surface area contributed by atoms with Crippen LogP contribution in [0.15, 0.2) is 22.7 Å². The lowest BCUT2D eigenvalue weighted by Crippen LogP contribution is -2.36. The van der Waals surface area contributed by atoms with Crippen molar-refractivity contribution in [1.82, 2.24) is 0 Å². The van der Waals surface area contributed by atoms with Crippen molar-refractivity contribution in [3.8, 4) is 0 Å². The predicted molar refractivity (Wildman–Crippen MR) is 69.6 cm³/mol. The van der Waals surface area contributed by atoms with E-state index in [0.29, 0.717) is 6.54 Å². The number of likely N-dealkylation sites (N-methyl/N-ethyl adjacent to an activating group) is 1. The van der Waals surface area contributed by atoms with Crippen LogP contribution in [0.4, 0.5) is 5.69 Å². The molecule has 1 aromatic carbocycles. The van der Waals surface area contributed by atoms with Crippen LogP contribution in [0.25, 0.3) is 0 Å². The van der Waals surface area contributed by atoms with Crippen molar-refractivity contribution in [3.63, 3.8) is 0 Å². The minimum absolute atomic E-state index is 0.0239. The molecule has 0 unspecified atom stereocenters. The van der Waals surface area contributed by atoms with Gasteiger partial charge in [0.2, 0.25) is 0 Å². The number of aliphatic hydroxyl groups excluding tert-OH is 1. The molecule has 4 heteroatoms. The maximum Gasteiger partial charge on any atom is 0.0765 e. The molecule has 0 aliphatic rings. The Morgan fingerprint density at radius 1 is 1.38 bits per heavy atom. The summed E-state index contributed by atoms with van der Waals surface area (Å²) in [5.41, 5.74) is 1.14. The van der Waals surface area contributed by atoms with E-state index in [0.717, 1.165) is 15.7 Å². The monoisotopic (exact) mass is 287 g/mol. The van der Waals surface area contributed by atoms with Crippen molar-refractivity contribution >= 4 is 21.6 Å². The Labute approximate surface area is 105 Å². The molecule has 0 radical (unpaired) electrons. The second kappa shape index (κ2) is 5.17. The van der Waals surface area contributed by atoms with Crippen molar-refractivity contribution in [2.45, 2.75) is 26.1 Å². The van der Waals surface area contributed by atoms with Gasteiger partial charge in [-0.15, -0.1) is 0 Å². The zero-order chi connectivity index (χ0) is 12.3. The van der Waals surface area contributed by atoms with Crippen LogP contribution in [0, 0.1) is 0 Å². The quantitative estimate of drug-likeness (QED) is 0.892. The first kappa shape index (κ1) is 13.5. The summed E-state index contributed by atoms with van der Waals surface area (Å²) in [6.45, 7) is 4.13. The third kappa shape index (κ3) is 3.77. The largest absolute Gasteiger partial charge is 0.392 e. The molecule has 0 atom stereocenters. The topological polar surface area (TPSA) is 43.7 Å². The maximum atomic E-state index is 9.73. The minimum atomic E-state index is -0.725. The van der Waals surface area contributed by atoms with Gasteiger partial charge in [0.15, 0.2) is 0 Å². The number of aliphatic hydroxyl groups is 2. The highest BCUT2D eigenvalue weighted by Gasteiger charge is 2.16. The molecule has 0 bridgehead atoms. The first-order valence-corrected chi connectivity index (χ1v) is 5.95. The molecule has 0 spiro atoms. The molecule has 0 aliphatic carbocycles. The second-order valence-electron chi connectivity index (χ2n) is 4.60. The summed E-state index contributed by atoms with van der Waals surface area (Å²) in [5, 5.41) is 18.8. The summed E-state index contributed by atoms with van der Waals surface area (Å²) in [7, 11) is 1.93. The lowest BCUT2D eigenvalue weighted by molar-refractivity contribution is 0.0886.